The fraction of sp³-hybridized carbons (Fsp3) is 0.143. The third-order valence-electron chi connectivity index (χ3n) is 6.47. The van der Waals surface area contributed by atoms with Crippen molar-refractivity contribution in [3.63, 3.8) is 0 Å². The Hall–Kier alpha value is -4.59. The van der Waals surface area contributed by atoms with Gasteiger partial charge in [0.15, 0.2) is 11.5 Å². The van der Waals surface area contributed by atoms with Crippen molar-refractivity contribution in [2.24, 2.45) is 0 Å². The Morgan fingerprint density at radius 3 is 2.58 bits per heavy atom. The molecule has 5 rings (SSSR count). The van der Waals surface area contributed by atoms with E-state index in [0.29, 0.717) is 12.0 Å². The summed E-state index contributed by atoms with van der Waals surface area (Å²) in [7, 11) is 1.39. The van der Waals surface area contributed by atoms with Gasteiger partial charge in [-0.25, -0.2) is 4.39 Å². The first kappa shape index (κ1) is 23.2. The number of carbonyl (C=O) groups excluding carboxylic acids is 2. The molecule has 3 N–H and O–H groups in total. The smallest absolute Gasteiger partial charge is 0.295 e. The lowest BCUT2D eigenvalue weighted by Gasteiger charge is -2.25. The number of halogens is 1. The molecule has 1 fully saturated rings. The first-order valence-corrected chi connectivity index (χ1v) is 11.3. The number of H-pyrrole nitrogens is 1. The lowest BCUT2D eigenvalue weighted by Crippen LogP contribution is -2.31. The second-order valence-corrected chi connectivity index (χ2v) is 8.54. The van der Waals surface area contributed by atoms with Crippen molar-refractivity contribution >= 4 is 28.4 Å². The topological polar surface area (TPSA) is 103 Å². The summed E-state index contributed by atoms with van der Waals surface area (Å²) in [4.78, 5) is 31.0. The Bertz CT molecular complexity index is 1510. The molecule has 0 spiro atoms. The molecule has 0 aliphatic carbocycles. The predicted octanol–water partition coefficient (Wildman–Crippen LogP) is 4.69. The summed E-state index contributed by atoms with van der Waals surface area (Å²) < 4.78 is 18.7. The number of Topliss-reactive ketones (excluding diaryl/α,β-unsaturated/α-hetero) is 1. The SMILES string of the molecule is COc1cc(C2C(=C(O)c3ccc(F)cc3)C(=O)C(=O)N2CCc2c[nH]c3ccccc23)ccc1O. The Kier molecular flexibility index (Phi) is 5.93. The van der Waals surface area contributed by atoms with Gasteiger partial charge in [-0.3, -0.25) is 9.59 Å². The maximum atomic E-state index is 13.5. The number of ketones is 1. The molecule has 3 aromatic carbocycles. The summed E-state index contributed by atoms with van der Waals surface area (Å²) in [5.74, 6) is -2.43. The summed E-state index contributed by atoms with van der Waals surface area (Å²) >= 11 is 0. The minimum absolute atomic E-state index is 0.101. The van der Waals surface area contributed by atoms with Gasteiger partial charge in [0.2, 0.25) is 0 Å². The maximum Gasteiger partial charge on any atom is 0.295 e. The number of rotatable bonds is 6. The molecule has 182 valence electrons. The molecule has 0 radical (unpaired) electrons. The lowest BCUT2D eigenvalue weighted by atomic mass is 9.95. The first-order chi connectivity index (χ1) is 17.4. The van der Waals surface area contributed by atoms with E-state index in [1.807, 2.05) is 30.5 Å². The minimum atomic E-state index is -0.935. The van der Waals surface area contributed by atoms with E-state index in [9.17, 15) is 24.2 Å². The van der Waals surface area contributed by atoms with E-state index >= 15 is 0 Å². The van der Waals surface area contributed by atoms with Gasteiger partial charge in [0.25, 0.3) is 11.7 Å². The molecular formula is C28H23FN2O5. The van der Waals surface area contributed by atoms with Crippen LogP contribution in [0.15, 0.2) is 78.5 Å². The van der Waals surface area contributed by atoms with E-state index in [-0.39, 0.29) is 29.2 Å². The van der Waals surface area contributed by atoms with Gasteiger partial charge in [0.05, 0.1) is 18.7 Å². The zero-order chi connectivity index (χ0) is 25.4. The molecule has 1 amide bonds. The second-order valence-electron chi connectivity index (χ2n) is 8.54. The second kappa shape index (κ2) is 9.22. The number of likely N-dealkylation sites (tertiary alicyclic amines) is 1. The Labute approximate surface area is 206 Å². The largest absolute Gasteiger partial charge is 0.507 e. The fourth-order valence-electron chi connectivity index (χ4n) is 4.66. The van der Waals surface area contributed by atoms with Gasteiger partial charge in [-0.1, -0.05) is 24.3 Å². The summed E-state index contributed by atoms with van der Waals surface area (Å²) in [6.07, 6.45) is 2.33. The monoisotopic (exact) mass is 486 g/mol. The van der Waals surface area contributed by atoms with Gasteiger partial charge in [0, 0.05) is 29.2 Å². The van der Waals surface area contributed by atoms with Crippen molar-refractivity contribution in [3.8, 4) is 11.5 Å². The number of ether oxygens (including phenoxy) is 1. The van der Waals surface area contributed by atoms with E-state index in [4.69, 9.17) is 4.74 Å². The van der Waals surface area contributed by atoms with Crippen LogP contribution in [-0.4, -0.2) is 45.4 Å². The van der Waals surface area contributed by atoms with Crippen LogP contribution < -0.4 is 4.74 Å². The van der Waals surface area contributed by atoms with Crippen LogP contribution in [0.5, 0.6) is 11.5 Å². The molecule has 8 heteroatoms. The number of benzene rings is 3. The highest BCUT2D eigenvalue weighted by atomic mass is 19.1. The molecule has 2 heterocycles. The highest BCUT2D eigenvalue weighted by Crippen LogP contribution is 2.42. The number of methoxy groups -OCH3 is 1. The Morgan fingerprint density at radius 2 is 1.83 bits per heavy atom. The zero-order valence-electron chi connectivity index (χ0n) is 19.4. The average Bonchev–Trinajstić information content (AvgIpc) is 3.41. The predicted molar refractivity (Wildman–Crippen MR) is 132 cm³/mol. The van der Waals surface area contributed by atoms with Crippen molar-refractivity contribution in [1.29, 1.82) is 0 Å². The number of amides is 1. The third-order valence-corrected chi connectivity index (χ3v) is 6.47. The van der Waals surface area contributed by atoms with Crippen molar-refractivity contribution in [1.82, 2.24) is 9.88 Å². The number of fused-ring (bicyclic) bond motifs is 1. The number of carbonyl (C=O) groups is 2. The standard InChI is InChI=1S/C28H23FN2O5/c1-36-23-14-17(8-11-22(23)32)25-24(26(33)16-6-9-19(29)10-7-16)27(34)28(35)31(25)13-12-18-15-30-21-5-3-2-4-20(18)21/h2-11,14-15,25,30,32-33H,12-13H2,1H3. The van der Waals surface area contributed by atoms with E-state index in [0.717, 1.165) is 16.5 Å². The molecule has 0 bridgehead atoms. The van der Waals surface area contributed by atoms with Gasteiger partial charge in [-0.2, -0.15) is 0 Å². The number of aromatic amines is 1. The number of para-hydroxylation sites is 1. The quantitative estimate of drug-likeness (QED) is 0.209. The van der Waals surface area contributed by atoms with E-state index in [2.05, 4.69) is 4.98 Å². The molecule has 1 aliphatic rings. The number of nitrogens with zero attached hydrogens (tertiary/aromatic N) is 1. The highest BCUT2D eigenvalue weighted by Gasteiger charge is 2.46. The van der Waals surface area contributed by atoms with E-state index < -0.39 is 29.3 Å². The van der Waals surface area contributed by atoms with Crippen molar-refractivity contribution in [3.05, 3.63) is 101 Å². The van der Waals surface area contributed by atoms with Crippen LogP contribution in [-0.2, 0) is 16.0 Å². The first-order valence-electron chi connectivity index (χ1n) is 11.3. The number of phenols is 1. The van der Waals surface area contributed by atoms with Crippen LogP contribution in [0.1, 0.15) is 22.7 Å². The Morgan fingerprint density at radius 1 is 1.08 bits per heavy atom. The summed E-state index contributed by atoms with van der Waals surface area (Å²) in [6, 6.07) is 16.4. The fourth-order valence-corrected chi connectivity index (χ4v) is 4.66. The molecule has 1 atom stereocenters. The van der Waals surface area contributed by atoms with Gasteiger partial charge in [-0.15, -0.1) is 0 Å². The number of aliphatic hydroxyl groups excluding tert-OH is 1. The molecule has 4 aromatic rings. The number of aliphatic hydroxyl groups is 1. The van der Waals surface area contributed by atoms with Crippen LogP contribution in [0.4, 0.5) is 4.39 Å². The zero-order valence-corrected chi connectivity index (χ0v) is 19.4. The molecular weight excluding hydrogens is 463 g/mol. The van der Waals surface area contributed by atoms with Crippen LogP contribution in [0, 0.1) is 5.82 Å². The normalized spacial score (nSPS) is 17.2. The van der Waals surface area contributed by atoms with Gasteiger partial charge >= 0.3 is 0 Å². The highest BCUT2D eigenvalue weighted by molar-refractivity contribution is 6.46. The molecule has 1 aliphatic heterocycles. The van der Waals surface area contributed by atoms with Crippen molar-refractivity contribution < 1.29 is 28.9 Å². The van der Waals surface area contributed by atoms with E-state index in [1.54, 1.807) is 6.07 Å². The van der Waals surface area contributed by atoms with Crippen LogP contribution in [0.25, 0.3) is 16.7 Å². The number of aromatic hydroxyl groups is 1. The number of aromatic nitrogens is 1. The molecule has 1 aromatic heterocycles. The molecule has 0 saturated carbocycles. The third kappa shape index (κ3) is 3.96. The van der Waals surface area contributed by atoms with Crippen LogP contribution >= 0.6 is 0 Å². The van der Waals surface area contributed by atoms with Crippen LogP contribution in [0.3, 0.4) is 0 Å². The van der Waals surface area contributed by atoms with Crippen molar-refractivity contribution in [2.45, 2.75) is 12.5 Å². The Balaban J connectivity index is 1.59. The summed E-state index contributed by atoms with van der Waals surface area (Å²) in [5, 5.41) is 22.2. The number of nitrogens with one attached hydrogen (secondary N) is 1. The summed E-state index contributed by atoms with van der Waals surface area (Å²) in [6.45, 7) is 0.195. The number of hydrogen-bond acceptors (Lipinski definition) is 5. The molecule has 1 saturated heterocycles. The summed E-state index contributed by atoms with van der Waals surface area (Å²) in [5.41, 5.74) is 2.52. The van der Waals surface area contributed by atoms with Gasteiger partial charge < -0.3 is 24.8 Å². The lowest BCUT2D eigenvalue weighted by molar-refractivity contribution is -0.139. The number of phenolic OH excluding ortho intramolecular Hbond substituents is 1. The minimum Gasteiger partial charge on any atom is -0.507 e. The molecule has 1 unspecified atom stereocenters. The van der Waals surface area contributed by atoms with Crippen LogP contribution in [0.2, 0.25) is 0 Å². The van der Waals surface area contributed by atoms with Gasteiger partial charge in [-0.05, 0) is 60.0 Å². The van der Waals surface area contributed by atoms with Crippen molar-refractivity contribution in [2.75, 3.05) is 13.7 Å². The molecule has 36 heavy (non-hydrogen) atoms. The average molecular weight is 486 g/mol. The maximum absolute atomic E-state index is 13.5. The van der Waals surface area contributed by atoms with Gasteiger partial charge in [0.1, 0.15) is 11.6 Å². The number of hydrogen-bond donors (Lipinski definition) is 3. The molecule has 7 nitrogen and oxygen atoms in total. The van der Waals surface area contributed by atoms with E-state index in [1.165, 1.54) is 48.4 Å².